The van der Waals surface area contributed by atoms with Crippen molar-refractivity contribution in [3.8, 4) is 22.3 Å². The van der Waals surface area contributed by atoms with E-state index in [9.17, 15) is 0 Å². The van der Waals surface area contributed by atoms with Crippen molar-refractivity contribution in [3.63, 3.8) is 0 Å². The van der Waals surface area contributed by atoms with Crippen molar-refractivity contribution in [2.45, 2.75) is 0 Å². The summed E-state index contributed by atoms with van der Waals surface area (Å²) in [6.07, 6.45) is 0. The van der Waals surface area contributed by atoms with E-state index in [1.54, 1.807) is 0 Å². The zero-order valence-corrected chi connectivity index (χ0v) is 14.0. The first-order chi connectivity index (χ1) is 12.9. The number of benzene rings is 4. The van der Waals surface area contributed by atoms with Crippen LogP contribution in [0, 0.1) is 10.4 Å². The summed E-state index contributed by atoms with van der Waals surface area (Å²) in [4.78, 5) is 9.85. The van der Waals surface area contributed by atoms with Crippen LogP contribution < -0.4 is 10.7 Å². The van der Waals surface area contributed by atoms with E-state index in [1.807, 2.05) is 12.1 Å². The molecule has 0 saturated carbocycles. The lowest BCUT2D eigenvalue weighted by Gasteiger charge is -1.99. The Labute approximate surface area is 150 Å². The molecule has 0 amide bonds. The molecule has 0 atom stereocenters. The van der Waals surface area contributed by atoms with Crippen LogP contribution in [0.2, 0.25) is 0 Å². The van der Waals surface area contributed by atoms with E-state index in [1.165, 1.54) is 22.3 Å². The van der Waals surface area contributed by atoms with Crippen LogP contribution in [0.4, 0.5) is 11.4 Å². The molecular formula is C24H14N2. The third-order valence-electron chi connectivity index (χ3n) is 5.22. The first-order valence-corrected chi connectivity index (χ1v) is 8.79. The SMILES string of the molecule is c1ccc2c(c1)N=c1c-2cccc1=c1cccc2c1=Nc1ccccc1-2. The maximum Gasteiger partial charge on any atom is 0.0795 e. The summed E-state index contributed by atoms with van der Waals surface area (Å²) in [5.74, 6) is 0. The summed E-state index contributed by atoms with van der Waals surface area (Å²) >= 11 is 0. The topological polar surface area (TPSA) is 24.7 Å². The van der Waals surface area contributed by atoms with Crippen LogP contribution in [0.15, 0.2) is 94.9 Å². The molecule has 0 saturated heterocycles. The molecule has 26 heavy (non-hydrogen) atoms. The average molecular weight is 330 g/mol. The third kappa shape index (κ3) is 1.76. The van der Waals surface area contributed by atoms with Crippen molar-refractivity contribution < 1.29 is 0 Å². The fourth-order valence-electron chi connectivity index (χ4n) is 4.04. The predicted molar refractivity (Wildman–Crippen MR) is 103 cm³/mol. The predicted octanol–water partition coefficient (Wildman–Crippen LogP) is 4.84. The molecule has 2 heterocycles. The van der Waals surface area contributed by atoms with E-state index in [0.29, 0.717) is 0 Å². The molecule has 0 spiro atoms. The molecule has 0 unspecified atom stereocenters. The second-order valence-electron chi connectivity index (χ2n) is 6.66. The molecule has 2 heteroatoms. The minimum Gasteiger partial charge on any atom is -0.247 e. The van der Waals surface area contributed by atoms with Crippen molar-refractivity contribution in [2.24, 2.45) is 9.98 Å². The highest BCUT2D eigenvalue weighted by molar-refractivity contribution is 5.80. The zero-order chi connectivity index (χ0) is 17.1. The molecule has 0 fully saturated rings. The van der Waals surface area contributed by atoms with Gasteiger partial charge >= 0.3 is 0 Å². The van der Waals surface area contributed by atoms with Gasteiger partial charge in [0.1, 0.15) is 0 Å². The molecule has 4 aromatic carbocycles. The van der Waals surface area contributed by atoms with Gasteiger partial charge in [0, 0.05) is 32.7 Å². The number of nitrogens with zero attached hydrogens (tertiary/aromatic N) is 2. The summed E-state index contributed by atoms with van der Waals surface area (Å²) in [5.41, 5.74) is 6.90. The van der Waals surface area contributed by atoms with E-state index >= 15 is 0 Å². The van der Waals surface area contributed by atoms with Gasteiger partial charge in [0.05, 0.1) is 22.1 Å². The fraction of sp³-hybridized carbons (Fsp3) is 0. The van der Waals surface area contributed by atoms with Gasteiger partial charge in [0.2, 0.25) is 0 Å². The first-order valence-electron chi connectivity index (χ1n) is 8.79. The Morgan fingerprint density at radius 3 is 1.31 bits per heavy atom. The Bertz CT molecular complexity index is 1320. The van der Waals surface area contributed by atoms with Gasteiger partial charge in [-0.2, -0.15) is 0 Å². The second kappa shape index (κ2) is 4.99. The highest BCUT2D eigenvalue weighted by Gasteiger charge is 2.16. The van der Waals surface area contributed by atoms with E-state index in [-0.39, 0.29) is 0 Å². The maximum absolute atomic E-state index is 4.92. The van der Waals surface area contributed by atoms with Crippen LogP contribution in [-0.4, -0.2) is 0 Å². The summed E-state index contributed by atoms with van der Waals surface area (Å²) in [5, 5.41) is 4.39. The molecule has 0 aromatic heterocycles. The molecule has 4 aromatic rings. The molecule has 0 N–H and O–H groups in total. The Hall–Kier alpha value is -3.52. The van der Waals surface area contributed by atoms with Gasteiger partial charge in [-0.05, 0) is 12.1 Å². The number of hydrogen-bond donors (Lipinski definition) is 0. The molecule has 2 aliphatic rings. The Kier molecular flexibility index (Phi) is 2.64. The van der Waals surface area contributed by atoms with Gasteiger partial charge in [-0.3, -0.25) is 0 Å². The summed E-state index contributed by atoms with van der Waals surface area (Å²) in [7, 11) is 0. The van der Waals surface area contributed by atoms with Crippen molar-refractivity contribution in [1.82, 2.24) is 0 Å². The van der Waals surface area contributed by atoms with Crippen molar-refractivity contribution in [1.29, 1.82) is 0 Å². The van der Waals surface area contributed by atoms with E-state index in [2.05, 4.69) is 72.8 Å². The van der Waals surface area contributed by atoms with Crippen LogP contribution in [0.1, 0.15) is 0 Å². The minimum atomic E-state index is 1.04. The van der Waals surface area contributed by atoms with Gasteiger partial charge in [-0.1, -0.05) is 72.8 Å². The number of hydrogen-bond acceptors (Lipinski definition) is 2. The maximum atomic E-state index is 4.92. The Morgan fingerprint density at radius 2 is 0.808 bits per heavy atom. The molecule has 0 bridgehead atoms. The van der Waals surface area contributed by atoms with Gasteiger partial charge < -0.3 is 0 Å². The monoisotopic (exact) mass is 330 g/mol. The number of fused-ring (bicyclic) bond motifs is 6. The van der Waals surface area contributed by atoms with Crippen LogP contribution in [0.5, 0.6) is 0 Å². The molecular weight excluding hydrogens is 316 g/mol. The highest BCUT2D eigenvalue weighted by Crippen LogP contribution is 2.33. The third-order valence-corrected chi connectivity index (χ3v) is 5.22. The largest absolute Gasteiger partial charge is 0.247 e. The van der Waals surface area contributed by atoms with Gasteiger partial charge in [0.25, 0.3) is 0 Å². The van der Waals surface area contributed by atoms with Crippen LogP contribution >= 0.6 is 0 Å². The lowest BCUT2D eigenvalue weighted by molar-refractivity contribution is 1.29. The van der Waals surface area contributed by atoms with Gasteiger partial charge in [-0.25, -0.2) is 9.98 Å². The zero-order valence-electron chi connectivity index (χ0n) is 14.0. The van der Waals surface area contributed by atoms with Crippen LogP contribution in [0.3, 0.4) is 0 Å². The highest BCUT2D eigenvalue weighted by atomic mass is 14.8. The normalized spacial score (nSPS) is 13.8. The molecule has 2 nitrogen and oxygen atoms in total. The second-order valence-corrected chi connectivity index (χ2v) is 6.66. The van der Waals surface area contributed by atoms with Crippen LogP contribution in [0.25, 0.3) is 22.3 Å². The molecule has 6 rings (SSSR count). The van der Waals surface area contributed by atoms with Crippen molar-refractivity contribution in [2.75, 3.05) is 0 Å². The Balaban J connectivity index is 1.82. The first kappa shape index (κ1) is 13.7. The fourth-order valence-corrected chi connectivity index (χ4v) is 4.04. The number of para-hydroxylation sites is 4. The number of rotatable bonds is 0. The van der Waals surface area contributed by atoms with Crippen molar-refractivity contribution in [3.05, 3.63) is 106 Å². The molecule has 2 aliphatic heterocycles. The lowest BCUT2D eigenvalue weighted by atomic mass is 10.0. The van der Waals surface area contributed by atoms with Crippen molar-refractivity contribution >= 4 is 11.4 Å². The smallest absolute Gasteiger partial charge is 0.0795 e. The molecule has 0 aliphatic carbocycles. The van der Waals surface area contributed by atoms with E-state index < -0.39 is 0 Å². The minimum absolute atomic E-state index is 1.04. The summed E-state index contributed by atoms with van der Waals surface area (Å²) in [6.45, 7) is 0. The molecule has 120 valence electrons. The molecule has 0 radical (unpaired) electrons. The van der Waals surface area contributed by atoms with E-state index in [0.717, 1.165) is 32.5 Å². The van der Waals surface area contributed by atoms with Gasteiger partial charge in [0.15, 0.2) is 0 Å². The summed E-state index contributed by atoms with van der Waals surface area (Å²) < 4.78 is 0. The standard InChI is InChI=1S/C24H14N2/c1-3-13-21-15(7-1)17-9-5-11-19(23(17)25-21)20-12-6-10-18-16-8-2-4-14-22(16)26-24(18)20/h1-14H. The summed E-state index contributed by atoms with van der Waals surface area (Å²) in [6, 6.07) is 29.5. The van der Waals surface area contributed by atoms with E-state index in [4.69, 9.17) is 9.98 Å². The Morgan fingerprint density at radius 1 is 0.385 bits per heavy atom. The quantitative estimate of drug-likeness (QED) is 0.381. The van der Waals surface area contributed by atoms with Gasteiger partial charge in [-0.15, -0.1) is 0 Å². The average Bonchev–Trinajstić information content (AvgIpc) is 3.26. The van der Waals surface area contributed by atoms with Crippen LogP contribution in [-0.2, 0) is 0 Å². The lowest BCUT2D eigenvalue weighted by Crippen LogP contribution is -2.10.